The highest BCUT2D eigenvalue weighted by Crippen LogP contribution is 2.29. The summed E-state index contributed by atoms with van der Waals surface area (Å²) in [5.74, 6) is 1.39. The number of hydrogen-bond donors (Lipinski definition) is 1. The van der Waals surface area contributed by atoms with Crippen molar-refractivity contribution in [1.29, 1.82) is 0 Å². The van der Waals surface area contributed by atoms with Crippen molar-refractivity contribution in [3.63, 3.8) is 0 Å². The van der Waals surface area contributed by atoms with Crippen LogP contribution in [0.1, 0.15) is 24.0 Å². The Morgan fingerprint density at radius 1 is 1.13 bits per heavy atom. The number of ether oxygens (including phenoxy) is 1. The second kappa shape index (κ2) is 11.5. The van der Waals surface area contributed by atoms with Crippen LogP contribution < -0.4 is 4.74 Å². The average Bonchev–Trinajstić information content (AvgIpc) is 2.75. The SMILES string of the molecule is COc1cccc(O)c1CN(CCN(C)C)C[C@@H]1CCCN(Cc2ccccc2F)C1. The van der Waals surface area contributed by atoms with Gasteiger partial charge in [-0.05, 0) is 57.6 Å². The fourth-order valence-electron chi connectivity index (χ4n) is 4.38. The summed E-state index contributed by atoms with van der Waals surface area (Å²) in [6, 6.07) is 12.5. The van der Waals surface area contributed by atoms with E-state index in [0.717, 1.165) is 56.0 Å². The quantitative estimate of drug-likeness (QED) is 0.622. The molecule has 2 aromatic rings. The van der Waals surface area contributed by atoms with E-state index in [4.69, 9.17) is 4.74 Å². The van der Waals surface area contributed by atoms with E-state index in [2.05, 4.69) is 28.8 Å². The van der Waals surface area contributed by atoms with Crippen LogP contribution >= 0.6 is 0 Å². The maximum atomic E-state index is 14.1. The Bertz CT molecular complexity index is 830. The summed E-state index contributed by atoms with van der Waals surface area (Å²) in [5.41, 5.74) is 1.61. The van der Waals surface area contributed by atoms with Gasteiger partial charge < -0.3 is 14.7 Å². The first-order chi connectivity index (χ1) is 15.0. The number of piperidine rings is 1. The van der Waals surface area contributed by atoms with E-state index in [9.17, 15) is 9.50 Å². The van der Waals surface area contributed by atoms with Crippen LogP contribution in [0.2, 0.25) is 0 Å². The molecule has 0 bridgehead atoms. The van der Waals surface area contributed by atoms with Gasteiger partial charge in [0.25, 0.3) is 0 Å². The molecule has 0 radical (unpaired) electrons. The molecule has 0 aromatic heterocycles. The van der Waals surface area contributed by atoms with Gasteiger partial charge in [-0.2, -0.15) is 0 Å². The minimum Gasteiger partial charge on any atom is -0.507 e. The second-order valence-corrected chi connectivity index (χ2v) is 8.83. The molecule has 5 nitrogen and oxygen atoms in total. The number of phenols is 1. The van der Waals surface area contributed by atoms with E-state index < -0.39 is 0 Å². The van der Waals surface area contributed by atoms with Crippen molar-refractivity contribution >= 4 is 0 Å². The van der Waals surface area contributed by atoms with E-state index >= 15 is 0 Å². The predicted octanol–water partition coefficient (Wildman–Crippen LogP) is 3.82. The minimum atomic E-state index is -0.121. The van der Waals surface area contributed by atoms with Crippen LogP contribution in [-0.4, -0.2) is 73.7 Å². The molecular formula is C25H36FN3O2. The number of halogens is 1. The lowest BCUT2D eigenvalue weighted by Gasteiger charge is -2.36. The van der Waals surface area contributed by atoms with Crippen LogP contribution in [0.5, 0.6) is 11.5 Å². The van der Waals surface area contributed by atoms with E-state index in [0.29, 0.717) is 19.0 Å². The summed E-state index contributed by atoms with van der Waals surface area (Å²) < 4.78 is 19.6. The molecule has 0 saturated carbocycles. The van der Waals surface area contributed by atoms with Crippen molar-refractivity contribution in [3.8, 4) is 11.5 Å². The number of phenolic OH excluding ortho intramolecular Hbond substituents is 1. The summed E-state index contributed by atoms with van der Waals surface area (Å²) in [4.78, 5) is 6.96. The maximum Gasteiger partial charge on any atom is 0.127 e. The number of likely N-dealkylation sites (tertiary alicyclic amines) is 1. The second-order valence-electron chi connectivity index (χ2n) is 8.83. The fourth-order valence-corrected chi connectivity index (χ4v) is 4.38. The number of likely N-dealkylation sites (N-methyl/N-ethyl adjacent to an activating group) is 1. The topological polar surface area (TPSA) is 39.2 Å². The largest absolute Gasteiger partial charge is 0.507 e. The van der Waals surface area contributed by atoms with Crippen molar-refractivity contribution in [2.45, 2.75) is 25.9 Å². The van der Waals surface area contributed by atoms with E-state index in [1.165, 1.54) is 6.42 Å². The molecule has 31 heavy (non-hydrogen) atoms. The van der Waals surface area contributed by atoms with Gasteiger partial charge in [-0.15, -0.1) is 0 Å². The van der Waals surface area contributed by atoms with Gasteiger partial charge in [-0.3, -0.25) is 9.80 Å². The zero-order chi connectivity index (χ0) is 22.2. The molecule has 1 atom stereocenters. The Morgan fingerprint density at radius 3 is 2.68 bits per heavy atom. The molecule has 0 unspecified atom stereocenters. The number of methoxy groups -OCH3 is 1. The first-order valence-corrected chi connectivity index (χ1v) is 11.1. The van der Waals surface area contributed by atoms with Gasteiger partial charge in [0.1, 0.15) is 17.3 Å². The molecule has 0 amide bonds. The highest BCUT2D eigenvalue weighted by atomic mass is 19.1. The summed E-state index contributed by atoms with van der Waals surface area (Å²) in [5, 5.41) is 10.4. The lowest BCUT2D eigenvalue weighted by Crippen LogP contribution is -2.42. The third-order valence-corrected chi connectivity index (χ3v) is 6.04. The molecule has 1 saturated heterocycles. The van der Waals surface area contributed by atoms with Crippen molar-refractivity contribution in [2.75, 3.05) is 53.9 Å². The normalized spacial score (nSPS) is 17.4. The highest BCUT2D eigenvalue weighted by Gasteiger charge is 2.24. The first kappa shape index (κ1) is 23.5. The smallest absolute Gasteiger partial charge is 0.127 e. The third-order valence-electron chi connectivity index (χ3n) is 6.04. The Hall–Kier alpha value is -2.15. The number of rotatable bonds is 10. The van der Waals surface area contributed by atoms with Crippen LogP contribution in [0, 0.1) is 11.7 Å². The summed E-state index contributed by atoms with van der Waals surface area (Å²) >= 11 is 0. The number of benzene rings is 2. The van der Waals surface area contributed by atoms with Gasteiger partial charge in [0.05, 0.1) is 7.11 Å². The van der Waals surface area contributed by atoms with Gasteiger partial charge in [0.15, 0.2) is 0 Å². The van der Waals surface area contributed by atoms with Crippen LogP contribution in [0.25, 0.3) is 0 Å². The van der Waals surface area contributed by atoms with Crippen molar-refractivity contribution in [1.82, 2.24) is 14.7 Å². The molecule has 1 fully saturated rings. The van der Waals surface area contributed by atoms with Crippen LogP contribution in [0.3, 0.4) is 0 Å². The molecule has 170 valence electrons. The van der Waals surface area contributed by atoms with Gasteiger partial charge in [-0.1, -0.05) is 24.3 Å². The summed E-state index contributed by atoms with van der Waals surface area (Å²) in [7, 11) is 5.80. The average molecular weight is 430 g/mol. The Morgan fingerprint density at radius 2 is 1.94 bits per heavy atom. The van der Waals surface area contributed by atoms with Crippen LogP contribution in [0.4, 0.5) is 4.39 Å². The molecule has 6 heteroatoms. The summed E-state index contributed by atoms with van der Waals surface area (Å²) in [6.45, 7) is 6.08. The number of aromatic hydroxyl groups is 1. The Labute approximate surface area is 186 Å². The highest BCUT2D eigenvalue weighted by molar-refractivity contribution is 5.43. The first-order valence-electron chi connectivity index (χ1n) is 11.1. The number of hydrogen-bond acceptors (Lipinski definition) is 5. The Kier molecular flexibility index (Phi) is 8.69. The fraction of sp³-hybridized carbons (Fsp3) is 0.520. The van der Waals surface area contributed by atoms with E-state index in [-0.39, 0.29) is 11.6 Å². The molecule has 1 heterocycles. The third kappa shape index (κ3) is 6.92. The molecule has 1 N–H and O–H groups in total. The predicted molar refractivity (Wildman–Crippen MR) is 123 cm³/mol. The van der Waals surface area contributed by atoms with Crippen molar-refractivity contribution < 1.29 is 14.2 Å². The van der Waals surface area contributed by atoms with Crippen LogP contribution in [-0.2, 0) is 13.1 Å². The lowest BCUT2D eigenvalue weighted by molar-refractivity contribution is 0.118. The zero-order valence-electron chi connectivity index (χ0n) is 19.1. The van der Waals surface area contributed by atoms with E-state index in [1.54, 1.807) is 25.3 Å². The lowest BCUT2D eigenvalue weighted by atomic mass is 9.96. The molecule has 0 aliphatic carbocycles. The Balaban J connectivity index is 1.67. The standard InChI is InChI=1S/C25H36FN3O2/c1-27(2)14-15-29(19-22-24(30)11-6-12-25(22)31-3)17-20-8-7-13-28(16-20)18-21-9-4-5-10-23(21)26/h4-6,9-12,20,30H,7-8,13-19H2,1-3H3/t20-/m1/s1. The number of nitrogens with zero attached hydrogens (tertiary/aromatic N) is 3. The van der Waals surface area contributed by atoms with Crippen molar-refractivity contribution in [3.05, 3.63) is 59.4 Å². The molecular weight excluding hydrogens is 393 g/mol. The van der Waals surface area contributed by atoms with Gasteiger partial charge in [-0.25, -0.2) is 4.39 Å². The summed E-state index contributed by atoms with van der Waals surface area (Å²) in [6.07, 6.45) is 2.30. The minimum absolute atomic E-state index is 0.121. The maximum absolute atomic E-state index is 14.1. The molecule has 1 aliphatic heterocycles. The molecule has 0 spiro atoms. The van der Waals surface area contributed by atoms with E-state index in [1.807, 2.05) is 24.3 Å². The van der Waals surface area contributed by atoms with Crippen LogP contribution in [0.15, 0.2) is 42.5 Å². The van der Waals surface area contributed by atoms with Crippen molar-refractivity contribution in [2.24, 2.45) is 5.92 Å². The van der Waals surface area contributed by atoms with Gasteiger partial charge in [0, 0.05) is 50.4 Å². The molecule has 2 aromatic carbocycles. The zero-order valence-corrected chi connectivity index (χ0v) is 19.1. The molecule has 1 aliphatic rings. The molecule has 3 rings (SSSR count). The monoisotopic (exact) mass is 429 g/mol. The van der Waals surface area contributed by atoms with Gasteiger partial charge in [0.2, 0.25) is 0 Å². The van der Waals surface area contributed by atoms with Gasteiger partial charge >= 0.3 is 0 Å².